The summed E-state index contributed by atoms with van der Waals surface area (Å²) >= 11 is 0. The standard InChI is InChI=1S/C15H23N5/c1-12-8-14-16-11-17-20(14)15(9-12)18-13(2)10-19-6-4-3-5-7-19/h8-9,11,13,18H,3-7,10H2,1-2H3. The quantitative estimate of drug-likeness (QED) is 0.928. The first kappa shape index (κ1) is 13.4. The number of piperidine rings is 1. The van der Waals surface area contributed by atoms with Gasteiger partial charge in [0.1, 0.15) is 12.1 Å². The fraction of sp³-hybridized carbons (Fsp3) is 0.600. The molecule has 1 N–H and O–H groups in total. The minimum absolute atomic E-state index is 0.405. The summed E-state index contributed by atoms with van der Waals surface area (Å²) in [5.41, 5.74) is 2.11. The summed E-state index contributed by atoms with van der Waals surface area (Å²) in [6.45, 7) is 7.89. The van der Waals surface area contributed by atoms with E-state index in [-0.39, 0.29) is 0 Å². The molecule has 2 aromatic heterocycles. The monoisotopic (exact) mass is 273 g/mol. The molecule has 0 saturated carbocycles. The second-order valence-electron chi connectivity index (χ2n) is 5.85. The Hall–Kier alpha value is -1.62. The summed E-state index contributed by atoms with van der Waals surface area (Å²) in [6.07, 6.45) is 5.67. The third kappa shape index (κ3) is 2.93. The molecule has 2 aromatic rings. The van der Waals surface area contributed by atoms with Gasteiger partial charge in [-0.15, -0.1) is 0 Å². The number of aryl methyl sites for hydroxylation is 1. The lowest BCUT2D eigenvalue weighted by atomic mass is 10.1. The van der Waals surface area contributed by atoms with Gasteiger partial charge in [0, 0.05) is 12.6 Å². The predicted octanol–water partition coefficient (Wildman–Crippen LogP) is 2.32. The van der Waals surface area contributed by atoms with Crippen LogP contribution in [-0.2, 0) is 0 Å². The van der Waals surface area contributed by atoms with E-state index in [1.165, 1.54) is 37.9 Å². The molecule has 3 rings (SSSR count). The molecule has 0 amide bonds. The molecular formula is C15H23N5. The zero-order valence-electron chi connectivity index (χ0n) is 12.3. The van der Waals surface area contributed by atoms with Crippen LogP contribution >= 0.6 is 0 Å². The van der Waals surface area contributed by atoms with Crippen LogP contribution in [0.3, 0.4) is 0 Å². The highest BCUT2D eigenvalue weighted by molar-refractivity contribution is 5.51. The number of aromatic nitrogens is 3. The fourth-order valence-electron chi connectivity index (χ4n) is 2.99. The van der Waals surface area contributed by atoms with Crippen LogP contribution < -0.4 is 5.32 Å². The third-order valence-electron chi connectivity index (χ3n) is 3.90. The topological polar surface area (TPSA) is 45.5 Å². The number of hydrogen-bond donors (Lipinski definition) is 1. The minimum atomic E-state index is 0.405. The Labute approximate surface area is 120 Å². The first-order valence-corrected chi connectivity index (χ1v) is 7.51. The Morgan fingerprint density at radius 3 is 2.85 bits per heavy atom. The van der Waals surface area contributed by atoms with Gasteiger partial charge in [0.15, 0.2) is 5.65 Å². The number of rotatable bonds is 4. The van der Waals surface area contributed by atoms with E-state index in [0.29, 0.717) is 6.04 Å². The number of nitrogens with one attached hydrogen (secondary N) is 1. The van der Waals surface area contributed by atoms with E-state index in [0.717, 1.165) is 18.0 Å². The van der Waals surface area contributed by atoms with Crippen molar-refractivity contribution < 1.29 is 0 Å². The maximum atomic E-state index is 4.29. The average molecular weight is 273 g/mol. The van der Waals surface area contributed by atoms with Crippen molar-refractivity contribution in [3.8, 4) is 0 Å². The fourth-order valence-corrected chi connectivity index (χ4v) is 2.99. The molecule has 20 heavy (non-hydrogen) atoms. The Morgan fingerprint density at radius 2 is 2.05 bits per heavy atom. The summed E-state index contributed by atoms with van der Waals surface area (Å²) in [7, 11) is 0. The number of pyridine rings is 1. The zero-order valence-corrected chi connectivity index (χ0v) is 12.3. The van der Waals surface area contributed by atoms with Crippen molar-refractivity contribution in [2.45, 2.75) is 39.2 Å². The summed E-state index contributed by atoms with van der Waals surface area (Å²) in [6, 6.07) is 4.59. The summed E-state index contributed by atoms with van der Waals surface area (Å²) in [5.74, 6) is 1.03. The minimum Gasteiger partial charge on any atom is -0.366 e. The highest BCUT2D eigenvalue weighted by Gasteiger charge is 2.14. The van der Waals surface area contributed by atoms with Gasteiger partial charge >= 0.3 is 0 Å². The number of hydrogen-bond acceptors (Lipinski definition) is 4. The van der Waals surface area contributed by atoms with Gasteiger partial charge in [-0.3, -0.25) is 0 Å². The van der Waals surface area contributed by atoms with E-state index < -0.39 is 0 Å². The van der Waals surface area contributed by atoms with Gasteiger partial charge in [-0.2, -0.15) is 9.61 Å². The van der Waals surface area contributed by atoms with Gasteiger partial charge in [-0.05, 0) is 57.5 Å². The maximum Gasteiger partial charge on any atom is 0.157 e. The van der Waals surface area contributed by atoms with E-state index in [2.05, 4.69) is 40.2 Å². The number of anilines is 1. The zero-order chi connectivity index (χ0) is 13.9. The summed E-state index contributed by atoms with van der Waals surface area (Å²) in [4.78, 5) is 6.82. The average Bonchev–Trinajstić information content (AvgIpc) is 2.88. The van der Waals surface area contributed by atoms with E-state index in [4.69, 9.17) is 0 Å². The second-order valence-corrected chi connectivity index (χ2v) is 5.85. The predicted molar refractivity (Wildman–Crippen MR) is 81.1 cm³/mol. The Balaban J connectivity index is 1.70. The Kier molecular flexibility index (Phi) is 3.87. The number of nitrogens with zero attached hydrogens (tertiary/aromatic N) is 4. The molecule has 0 spiro atoms. The Bertz CT molecular complexity index is 571. The molecule has 0 radical (unpaired) electrons. The first-order chi connectivity index (χ1) is 9.72. The van der Waals surface area contributed by atoms with Crippen molar-refractivity contribution in [3.63, 3.8) is 0 Å². The van der Waals surface area contributed by atoms with E-state index in [9.17, 15) is 0 Å². The molecular weight excluding hydrogens is 250 g/mol. The van der Waals surface area contributed by atoms with E-state index >= 15 is 0 Å². The molecule has 3 heterocycles. The Morgan fingerprint density at radius 1 is 1.25 bits per heavy atom. The van der Waals surface area contributed by atoms with Gasteiger partial charge in [0.2, 0.25) is 0 Å². The molecule has 1 aliphatic heterocycles. The number of likely N-dealkylation sites (tertiary alicyclic amines) is 1. The SMILES string of the molecule is Cc1cc(NC(C)CN2CCCCC2)n2ncnc2c1. The highest BCUT2D eigenvalue weighted by atomic mass is 15.3. The molecule has 1 fully saturated rings. The van der Waals surface area contributed by atoms with Gasteiger partial charge in [0.25, 0.3) is 0 Å². The molecule has 108 valence electrons. The van der Waals surface area contributed by atoms with Gasteiger partial charge in [-0.25, -0.2) is 4.98 Å². The van der Waals surface area contributed by atoms with Crippen LogP contribution in [0.25, 0.3) is 5.65 Å². The lowest BCUT2D eigenvalue weighted by Gasteiger charge is -2.29. The van der Waals surface area contributed by atoms with Crippen molar-refractivity contribution in [1.29, 1.82) is 0 Å². The van der Waals surface area contributed by atoms with Crippen molar-refractivity contribution in [1.82, 2.24) is 19.5 Å². The van der Waals surface area contributed by atoms with Crippen molar-refractivity contribution in [2.75, 3.05) is 25.0 Å². The summed E-state index contributed by atoms with van der Waals surface area (Å²) in [5, 5.41) is 7.87. The lowest BCUT2D eigenvalue weighted by molar-refractivity contribution is 0.223. The van der Waals surface area contributed by atoms with Crippen LogP contribution in [0.2, 0.25) is 0 Å². The van der Waals surface area contributed by atoms with Gasteiger partial charge < -0.3 is 10.2 Å². The van der Waals surface area contributed by atoms with E-state index in [1.807, 2.05) is 10.6 Å². The highest BCUT2D eigenvalue weighted by Crippen LogP contribution is 2.15. The van der Waals surface area contributed by atoms with Crippen LogP contribution in [0.4, 0.5) is 5.82 Å². The molecule has 0 aliphatic carbocycles. The van der Waals surface area contributed by atoms with Crippen LogP contribution in [0, 0.1) is 6.92 Å². The van der Waals surface area contributed by atoms with Crippen LogP contribution in [0.1, 0.15) is 31.7 Å². The molecule has 5 nitrogen and oxygen atoms in total. The first-order valence-electron chi connectivity index (χ1n) is 7.51. The molecule has 1 unspecified atom stereocenters. The largest absolute Gasteiger partial charge is 0.366 e. The van der Waals surface area contributed by atoms with Crippen molar-refractivity contribution >= 4 is 11.5 Å². The normalized spacial score (nSPS) is 18.3. The number of fused-ring (bicyclic) bond motifs is 1. The second kappa shape index (κ2) is 5.79. The van der Waals surface area contributed by atoms with Crippen LogP contribution in [-0.4, -0.2) is 45.2 Å². The van der Waals surface area contributed by atoms with Crippen molar-refractivity contribution in [2.24, 2.45) is 0 Å². The summed E-state index contributed by atoms with van der Waals surface area (Å²) < 4.78 is 1.87. The van der Waals surface area contributed by atoms with E-state index in [1.54, 1.807) is 6.33 Å². The lowest BCUT2D eigenvalue weighted by Crippen LogP contribution is -2.38. The van der Waals surface area contributed by atoms with Crippen molar-refractivity contribution in [3.05, 3.63) is 24.0 Å². The molecule has 1 aliphatic rings. The molecule has 1 saturated heterocycles. The van der Waals surface area contributed by atoms with Gasteiger partial charge in [0.05, 0.1) is 0 Å². The smallest absolute Gasteiger partial charge is 0.157 e. The molecule has 0 bridgehead atoms. The van der Waals surface area contributed by atoms with Crippen LogP contribution in [0.5, 0.6) is 0 Å². The molecule has 1 atom stereocenters. The third-order valence-corrected chi connectivity index (χ3v) is 3.90. The van der Waals surface area contributed by atoms with Crippen LogP contribution in [0.15, 0.2) is 18.5 Å². The van der Waals surface area contributed by atoms with Gasteiger partial charge in [-0.1, -0.05) is 6.42 Å². The maximum absolute atomic E-state index is 4.29. The molecule has 0 aromatic carbocycles. The molecule has 5 heteroatoms.